The van der Waals surface area contributed by atoms with Crippen molar-refractivity contribution in [2.75, 3.05) is 32.9 Å². The van der Waals surface area contributed by atoms with Crippen molar-refractivity contribution in [3.63, 3.8) is 0 Å². The maximum Gasteiger partial charge on any atom is 0.338 e. The van der Waals surface area contributed by atoms with Crippen LogP contribution in [-0.2, 0) is 14.3 Å². The number of carbonyl (C=O) groups is 1. The number of nitrogens with zero attached hydrogens (tertiary/aromatic N) is 7. The lowest BCUT2D eigenvalue weighted by Crippen LogP contribution is -2.52. The van der Waals surface area contributed by atoms with Gasteiger partial charge in [0.05, 0.1) is 31.4 Å². The lowest BCUT2D eigenvalue weighted by atomic mass is 9.95. The molecule has 1 aromatic carbocycles. The quantitative estimate of drug-likeness (QED) is 0.499. The fourth-order valence-corrected chi connectivity index (χ4v) is 5.38. The number of nitrogens with one attached hydrogen (secondary N) is 1. The van der Waals surface area contributed by atoms with Crippen LogP contribution in [-0.4, -0.2) is 66.8 Å². The Hall–Kier alpha value is -2.94. The van der Waals surface area contributed by atoms with E-state index in [0.717, 1.165) is 0 Å². The van der Waals surface area contributed by atoms with Crippen LogP contribution in [0.5, 0.6) is 0 Å². The van der Waals surface area contributed by atoms with Crippen LogP contribution in [0.1, 0.15) is 23.5 Å². The molecule has 4 heterocycles. The molecule has 0 saturated carbocycles. The minimum absolute atomic E-state index is 0.193. The van der Waals surface area contributed by atoms with Gasteiger partial charge in [0.2, 0.25) is 6.17 Å². The molecule has 188 valence electrons. The van der Waals surface area contributed by atoms with Crippen molar-refractivity contribution in [1.82, 2.24) is 15.2 Å². The first kappa shape index (κ1) is 24.7. The van der Waals surface area contributed by atoms with Gasteiger partial charge in [0, 0.05) is 34.8 Å². The molecule has 1 saturated heterocycles. The summed E-state index contributed by atoms with van der Waals surface area (Å²) in [7, 11) is 0. The molecule has 5 rings (SSSR count). The van der Waals surface area contributed by atoms with Crippen molar-refractivity contribution in [3.05, 3.63) is 61.9 Å². The monoisotopic (exact) mass is 576 g/mol. The molecule has 36 heavy (non-hydrogen) atoms. The van der Waals surface area contributed by atoms with Gasteiger partial charge in [-0.15, -0.1) is 21.6 Å². The van der Waals surface area contributed by atoms with Crippen LogP contribution in [0, 0.1) is 5.82 Å². The lowest BCUT2D eigenvalue weighted by Gasteiger charge is -2.38. The van der Waals surface area contributed by atoms with Crippen molar-refractivity contribution in [2.45, 2.75) is 25.2 Å². The first-order valence-electron chi connectivity index (χ1n) is 11.3. The summed E-state index contributed by atoms with van der Waals surface area (Å²) in [5.41, 5.74) is 1.57. The minimum atomic E-state index is -0.750. The van der Waals surface area contributed by atoms with Crippen LogP contribution in [0.15, 0.2) is 71.2 Å². The number of halogens is 2. The van der Waals surface area contributed by atoms with Gasteiger partial charge in [-0.05, 0) is 35.1 Å². The molecule has 0 aliphatic carbocycles. The number of aliphatic imine (C=N–C) groups is 1. The van der Waals surface area contributed by atoms with E-state index in [9.17, 15) is 9.18 Å². The summed E-state index contributed by atoms with van der Waals surface area (Å²) in [6.45, 7) is 3.77. The molecule has 11 nitrogen and oxygen atoms in total. The van der Waals surface area contributed by atoms with Gasteiger partial charge in [-0.25, -0.2) is 14.2 Å². The van der Waals surface area contributed by atoms with Crippen molar-refractivity contribution >= 4 is 39.1 Å². The smallest absolute Gasteiger partial charge is 0.338 e. The van der Waals surface area contributed by atoms with E-state index in [2.05, 4.69) is 51.8 Å². The van der Waals surface area contributed by atoms with Gasteiger partial charge in [0.1, 0.15) is 11.9 Å². The molecule has 3 aliphatic rings. The topological polar surface area (TPSA) is 125 Å². The number of aromatic nitrogens is 1. The standard InChI is InChI=1S/C22H22BrFN8O3S/c1-2-35-22(33)17-15(10-32-6-7-34-11-16(32)19-28-30-31-29-19)26-20(21-25-5-8-36-21)27-18(17)13-4-3-12(24)9-14(13)23/h3-5,8-9,16,18-19H,2,6-7,10-11H2,1H3,(H,26,27). The predicted molar refractivity (Wildman–Crippen MR) is 132 cm³/mol. The Morgan fingerprint density at radius 2 is 2.19 bits per heavy atom. The number of morpholine rings is 1. The highest BCUT2D eigenvalue weighted by Crippen LogP contribution is 2.37. The van der Waals surface area contributed by atoms with Crippen LogP contribution in [0.2, 0.25) is 0 Å². The molecule has 0 amide bonds. The van der Waals surface area contributed by atoms with Gasteiger partial charge in [-0.1, -0.05) is 22.0 Å². The van der Waals surface area contributed by atoms with Crippen molar-refractivity contribution in [1.29, 1.82) is 0 Å². The molecule has 1 aromatic heterocycles. The number of hydrogen-bond acceptors (Lipinski definition) is 12. The summed E-state index contributed by atoms with van der Waals surface area (Å²) < 4.78 is 25.5. The predicted octanol–water partition coefficient (Wildman–Crippen LogP) is 3.81. The van der Waals surface area contributed by atoms with Gasteiger partial charge >= 0.3 is 5.97 Å². The Morgan fingerprint density at radius 1 is 1.36 bits per heavy atom. The summed E-state index contributed by atoms with van der Waals surface area (Å²) in [4.78, 5) is 24.7. The maximum atomic E-state index is 13.9. The Morgan fingerprint density at radius 3 is 2.92 bits per heavy atom. The second-order valence-corrected chi connectivity index (χ2v) is 9.81. The molecular formula is C22H22BrFN8O3S. The van der Waals surface area contributed by atoms with E-state index in [-0.39, 0.29) is 12.6 Å². The molecule has 14 heteroatoms. The number of benzene rings is 1. The Balaban J connectivity index is 1.59. The fraction of sp³-hybridized carbons (Fsp3) is 0.409. The van der Waals surface area contributed by atoms with E-state index in [4.69, 9.17) is 14.5 Å². The van der Waals surface area contributed by atoms with Crippen LogP contribution >= 0.6 is 27.3 Å². The lowest BCUT2D eigenvalue weighted by molar-refractivity contribution is -0.139. The molecule has 3 aliphatic heterocycles. The summed E-state index contributed by atoms with van der Waals surface area (Å²) in [5, 5.41) is 21.3. The number of ether oxygens (including phenoxy) is 2. The Labute approximate surface area is 218 Å². The number of thiazole rings is 1. The van der Waals surface area contributed by atoms with E-state index in [1.807, 2.05) is 5.38 Å². The second-order valence-electron chi connectivity index (χ2n) is 8.06. The maximum absolute atomic E-state index is 13.9. The SMILES string of the molecule is CCOC(=O)C1=C(CN2CCOCC2C2N=NN=N2)NC(c2nccs2)=NC1c1ccc(F)cc1Br. The Bertz CT molecular complexity index is 1240. The normalized spacial score (nSPS) is 22.6. The van der Waals surface area contributed by atoms with Crippen LogP contribution < -0.4 is 5.32 Å². The largest absolute Gasteiger partial charge is 0.463 e. The van der Waals surface area contributed by atoms with Crippen molar-refractivity contribution in [2.24, 2.45) is 25.7 Å². The van der Waals surface area contributed by atoms with Gasteiger partial charge < -0.3 is 14.8 Å². The molecule has 1 fully saturated rings. The number of esters is 1. The van der Waals surface area contributed by atoms with E-state index < -0.39 is 24.0 Å². The van der Waals surface area contributed by atoms with E-state index >= 15 is 0 Å². The van der Waals surface area contributed by atoms with Crippen LogP contribution in [0.25, 0.3) is 0 Å². The molecule has 2 aromatic rings. The third kappa shape index (κ3) is 5.12. The summed E-state index contributed by atoms with van der Waals surface area (Å²) in [5.74, 6) is -0.394. The number of rotatable bonds is 7. The summed E-state index contributed by atoms with van der Waals surface area (Å²) >= 11 is 4.87. The minimum Gasteiger partial charge on any atom is -0.463 e. The third-order valence-electron chi connectivity index (χ3n) is 5.88. The van der Waals surface area contributed by atoms with E-state index in [0.29, 0.717) is 58.5 Å². The zero-order chi connectivity index (χ0) is 25.1. The molecule has 1 N–H and O–H groups in total. The number of hydrogen-bond donors (Lipinski definition) is 1. The molecule has 2 unspecified atom stereocenters. The third-order valence-corrected chi connectivity index (χ3v) is 7.35. The molecule has 0 spiro atoms. The van der Waals surface area contributed by atoms with Gasteiger partial charge in [-0.3, -0.25) is 9.89 Å². The second kappa shape index (κ2) is 11.0. The van der Waals surface area contributed by atoms with Gasteiger partial charge in [0.25, 0.3) is 0 Å². The highest BCUT2D eigenvalue weighted by Gasteiger charge is 2.38. The van der Waals surface area contributed by atoms with E-state index in [1.165, 1.54) is 23.5 Å². The van der Waals surface area contributed by atoms with Gasteiger partial charge in [-0.2, -0.15) is 0 Å². The van der Waals surface area contributed by atoms with E-state index in [1.54, 1.807) is 19.2 Å². The zero-order valence-corrected chi connectivity index (χ0v) is 21.6. The highest BCUT2D eigenvalue weighted by molar-refractivity contribution is 9.10. The molecule has 2 atom stereocenters. The Kier molecular flexibility index (Phi) is 7.55. The van der Waals surface area contributed by atoms with Crippen molar-refractivity contribution < 1.29 is 18.7 Å². The van der Waals surface area contributed by atoms with Crippen molar-refractivity contribution in [3.8, 4) is 0 Å². The number of carbonyl (C=O) groups excluding carboxylic acids is 1. The summed E-state index contributed by atoms with van der Waals surface area (Å²) in [6.07, 6.45) is 1.19. The van der Waals surface area contributed by atoms with Gasteiger partial charge in [0.15, 0.2) is 10.8 Å². The first-order chi connectivity index (χ1) is 17.5. The summed E-state index contributed by atoms with van der Waals surface area (Å²) in [6, 6.07) is 3.35. The molecule has 0 bridgehead atoms. The highest BCUT2D eigenvalue weighted by atomic mass is 79.9. The van der Waals surface area contributed by atoms with Crippen LogP contribution in [0.3, 0.4) is 0 Å². The number of amidine groups is 1. The zero-order valence-electron chi connectivity index (χ0n) is 19.2. The fourth-order valence-electron chi connectivity index (χ4n) is 4.23. The van der Waals surface area contributed by atoms with Crippen LogP contribution in [0.4, 0.5) is 4.39 Å². The molecular weight excluding hydrogens is 555 g/mol. The first-order valence-corrected chi connectivity index (χ1v) is 12.9. The average molecular weight is 577 g/mol. The average Bonchev–Trinajstić information content (AvgIpc) is 3.59. The molecule has 0 radical (unpaired) electrons.